The third-order valence-corrected chi connectivity index (χ3v) is 5.63. The fourth-order valence-electron chi connectivity index (χ4n) is 3.46. The summed E-state index contributed by atoms with van der Waals surface area (Å²) in [6.07, 6.45) is 6.30. The fourth-order valence-corrected chi connectivity index (χ4v) is 3.46. The molecule has 0 aromatic carbocycles. The summed E-state index contributed by atoms with van der Waals surface area (Å²) in [7, 11) is 0. The summed E-state index contributed by atoms with van der Waals surface area (Å²) in [6, 6.07) is 0. The smallest absolute Gasteiger partial charge is 0.0713 e. The highest BCUT2D eigenvalue weighted by atomic mass is 16.3. The molecule has 0 amide bonds. The van der Waals surface area contributed by atoms with E-state index in [0.29, 0.717) is 12.0 Å². The van der Waals surface area contributed by atoms with Crippen molar-refractivity contribution in [1.29, 1.82) is 0 Å². The van der Waals surface area contributed by atoms with Crippen LogP contribution in [0.4, 0.5) is 0 Å². The van der Waals surface area contributed by atoms with E-state index in [1.807, 2.05) is 0 Å². The predicted molar refractivity (Wildman–Crippen MR) is 78.4 cm³/mol. The fraction of sp³-hybridized carbons (Fsp3) is 1.00. The van der Waals surface area contributed by atoms with Crippen LogP contribution >= 0.6 is 0 Å². The molecule has 3 N–H and O–H groups in total. The average Bonchev–Trinajstić information content (AvgIpc) is 2.50. The van der Waals surface area contributed by atoms with Crippen molar-refractivity contribution in [2.24, 2.45) is 22.5 Å². The van der Waals surface area contributed by atoms with Crippen molar-refractivity contribution >= 4 is 0 Å². The van der Waals surface area contributed by atoms with Gasteiger partial charge in [0.15, 0.2) is 0 Å². The highest BCUT2D eigenvalue weighted by Gasteiger charge is 2.46. The molecule has 1 aliphatic rings. The maximum Gasteiger partial charge on any atom is 0.0713 e. The Labute approximate surface area is 113 Å². The van der Waals surface area contributed by atoms with Crippen LogP contribution in [0, 0.1) is 16.7 Å². The van der Waals surface area contributed by atoms with Gasteiger partial charge in [-0.1, -0.05) is 41.0 Å². The van der Waals surface area contributed by atoms with Crippen LogP contribution < -0.4 is 5.73 Å². The van der Waals surface area contributed by atoms with Crippen molar-refractivity contribution < 1.29 is 5.11 Å². The lowest BCUT2D eigenvalue weighted by Gasteiger charge is -2.44. The highest BCUT2D eigenvalue weighted by Crippen LogP contribution is 2.47. The number of nitrogens with two attached hydrogens (primary N) is 1. The maximum atomic E-state index is 11.1. The van der Waals surface area contributed by atoms with Crippen molar-refractivity contribution in [2.45, 2.75) is 78.7 Å². The summed E-state index contributed by atoms with van der Waals surface area (Å²) in [5.41, 5.74) is 5.62. The minimum absolute atomic E-state index is 0.125. The van der Waals surface area contributed by atoms with Crippen LogP contribution in [-0.4, -0.2) is 17.3 Å². The van der Waals surface area contributed by atoms with Crippen LogP contribution in [-0.2, 0) is 0 Å². The van der Waals surface area contributed by atoms with E-state index < -0.39 is 5.60 Å². The summed E-state index contributed by atoms with van der Waals surface area (Å²) in [5, 5.41) is 11.1. The molecule has 1 aliphatic carbocycles. The van der Waals surface area contributed by atoms with Crippen LogP contribution in [0.1, 0.15) is 73.1 Å². The van der Waals surface area contributed by atoms with E-state index in [0.717, 1.165) is 38.0 Å². The molecule has 0 aromatic rings. The van der Waals surface area contributed by atoms with E-state index in [-0.39, 0.29) is 5.41 Å². The molecular weight excluding hydrogens is 222 g/mol. The van der Waals surface area contributed by atoms with E-state index in [1.165, 1.54) is 6.42 Å². The Morgan fingerprint density at radius 1 is 1.17 bits per heavy atom. The molecule has 108 valence electrons. The van der Waals surface area contributed by atoms with Crippen molar-refractivity contribution in [3.63, 3.8) is 0 Å². The molecule has 3 unspecified atom stereocenters. The van der Waals surface area contributed by atoms with E-state index in [4.69, 9.17) is 5.73 Å². The lowest BCUT2D eigenvalue weighted by Crippen LogP contribution is -2.50. The topological polar surface area (TPSA) is 46.2 Å². The van der Waals surface area contributed by atoms with Gasteiger partial charge in [0.1, 0.15) is 0 Å². The van der Waals surface area contributed by atoms with E-state index in [2.05, 4.69) is 34.6 Å². The third-order valence-electron chi connectivity index (χ3n) is 5.63. The second kappa shape index (κ2) is 5.50. The maximum absolute atomic E-state index is 11.1. The van der Waals surface area contributed by atoms with Gasteiger partial charge in [0.05, 0.1) is 5.60 Å². The Morgan fingerprint density at radius 2 is 1.78 bits per heavy atom. The number of aliphatic hydroxyl groups is 1. The second-order valence-corrected chi connectivity index (χ2v) is 7.64. The number of hydrogen-bond donors (Lipinski definition) is 2. The molecule has 3 atom stereocenters. The molecule has 0 heterocycles. The molecule has 0 spiro atoms. The van der Waals surface area contributed by atoms with Crippen molar-refractivity contribution in [1.82, 2.24) is 0 Å². The van der Waals surface area contributed by atoms with Gasteiger partial charge >= 0.3 is 0 Å². The zero-order valence-electron chi connectivity index (χ0n) is 13.1. The Kier molecular flexibility index (Phi) is 4.88. The predicted octanol–water partition coefficient (Wildman–Crippen LogP) is 3.72. The van der Waals surface area contributed by atoms with Crippen LogP contribution in [0.3, 0.4) is 0 Å². The van der Waals surface area contributed by atoms with Gasteiger partial charge in [-0.2, -0.15) is 0 Å². The third kappa shape index (κ3) is 3.08. The summed E-state index contributed by atoms with van der Waals surface area (Å²) < 4.78 is 0. The second-order valence-electron chi connectivity index (χ2n) is 7.64. The standard InChI is InChI=1S/C16H33NO/c1-6-15(5,12-17)16(18)10-7-8-13(9-11-16)14(2,3)4/h13,18H,6-12,17H2,1-5H3. The van der Waals surface area contributed by atoms with Gasteiger partial charge in [-0.05, 0) is 43.4 Å². The molecular formula is C16H33NO. The Morgan fingerprint density at radius 3 is 2.22 bits per heavy atom. The van der Waals surface area contributed by atoms with Crippen LogP contribution in [0.2, 0.25) is 0 Å². The minimum atomic E-state index is -0.559. The SMILES string of the molecule is CCC(C)(CN)C1(O)CCCC(C(C)(C)C)CC1. The van der Waals surface area contributed by atoms with E-state index in [9.17, 15) is 5.11 Å². The summed E-state index contributed by atoms with van der Waals surface area (Å²) in [6.45, 7) is 11.9. The van der Waals surface area contributed by atoms with Crippen LogP contribution in [0.5, 0.6) is 0 Å². The lowest BCUT2D eigenvalue weighted by molar-refractivity contribution is -0.0862. The van der Waals surface area contributed by atoms with Crippen LogP contribution in [0.25, 0.3) is 0 Å². The molecule has 0 radical (unpaired) electrons. The van der Waals surface area contributed by atoms with Gasteiger partial charge in [-0.25, -0.2) is 0 Å². The first kappa shape index (κ1) is 16.0. The lowest BCUT2D eigenvalue weighted by atomic mass is 9.67. The van der Waals surface area contributed by atoms with E-state index in [1.54, 1.807) is 0 Å². The molecule has 1 saturated carbocycles. The molecule has 0 bridgehead atoms. The Hall–Kier alpha value is -0.0800. The quantitative estimate of drug-likeness (QED) is 0.755. The van der Waals surface area contributed by atoms with Gasteiger partial charge < -0.3 is 10.8 Å². The molecule has 1 fully saturated rings. The Balaban J connectivity index is 2.83. The zero-order chi connectivity index (χ0) is 14.0. The highest BCUT2D eigenvalue weighted by molar-refractivity contribution is 4.98. The van der Waals surface area contributed by atoms with Gasteiger partial charge in [0.25, 0.3) is 0 Å². The Bertz CT molecular complexity index is 265. The van der Waals surface area contributed by atoms with Gasteiger partial charge in [-0.15, -0.1) is 0 Å². The zero-order valence-corrected chi connectivity index (χ0v) is 13.1. The first-order valence-corrected chi connectivity index (χ1v) is 7.61. The summed E-state index contributed by atoms with van der Waals surface area (Å²) >= 11 is 0. The first-order valence-electron chi connectivity index (χ1n) is 7.61. The summed E-state index contributed by atoms with van der Waals surface area (Å²) in [5.74, 6) is 0.727. The van der Waals surface area contributed by atoms with Crippen molar-refractivity contribution in [3.8, 4) is 0 Å². The van der Waals surface area contributed by atoms with Crippen molar-refractivity contribution in [3.05, 3.63) is 0 Å². The molecule has 2 heteroatoms. The monoisotopic (exact) mass is 255 g/mol. The van der Waals surface area contributed by atoms with Gasteiger partial charge in [0, 0.05) is 12.0 Å². The van der Waals surface area contributed by atoms with Crippen LogP contribution in [0.15, 0.2) is 0 Å². The largest absolute Gasteiger partial charge is 0.389 e. The van der Waals surface area contributed by atoms with Gasteiger partial charge in [-0.3, -0.25) is 0 Å². The number of hydrogen-bond acceptors (Lipinski definition) is 2. The molecule has 1 rings (SSSR count). The normalized spacial score (nSPS) is 33.8. The number of rotatable bonds is 3. The molecule has 18 heavy (non-hydrogen) atoms. The van der Waals surface area contributed by atoms with Crippen molar-refractivity contribution in [2.75, 3.05) is 6.54 Å². The minimum Gasteiger partial charge on any atom is -0.389 e. The average molecular weight is 255 g/mol. The molecule has 0 aromatic heterocycles. The molecule has 2 nitrogen and oxygen atoms in total. The molecule has 0 aliphatic heterocycles. The molecule has 0 saturated heterocycles. The summed E-state index contributed by atoms with van der Waals surface area (Å²) in [4.78, 5) is 0. The first-order chi connectivity index (χ1) is 8.18. The van der Waals surface area contributed by atoms with E-state index >= 15 is 0 Å². The van der Waals surface area contributed by atoms with Gasteiger partial charge in [0.2, 0.25) is 0 Å².